The van der Waals surface area contributed by atoms with Crippen LogP contribution in [-0.2, 0) is 16.0 Å². The fourth-order valence-electron chi connectivity index (χ4n) is 3.92. The quantitative estimate of drug-likeness (QED) is 0.828. The lowest BCUT2D eigenvalue weighted by atomic mass is 9.87. The van der Waals surface area contributed by atoms with E-state index in [1.54, 1.807) is 0 Å². The lowest BCUT2D eigenvalue weighted by Crippen LogP contribution is -2.48. The Balaban J connectivity index is 1.41. The average Bonchev–Trinajstić information content (AvgIpc) is 2.64. The topological polar surface area (TPSA) is 49.4 Å². The SMILES string of the molecule is O=C(Cc1ccc(Br)cc1)NC1CCN(C(=O)C2CCCCC2)CC1. The van der Waals surface area contributed by atoms with E-state index in [9.17, 15) is 9.59 Å². The van der Waals surface area contributed by atoms with Crippen molar-refractivity contribution >= 4 is 27.7 Å². The van der Waals surface area contributed by atoms with Gasteiger partial charge in [-0.05, 0) is 43.4 Å². The van der Waals surface area contributed by atoms with Crippen LogP contribution < -0.4 is 5.32 Å². The molecule has 1 aromatic rings. The summed E-state index contributed by atoms with van der Waals surface area (Å²) < 4.78 is 1.02. The van der Waals surface area contributed by atoms with E-state index in [0.717, 1.165) is 48.8 Å². The van der Waals surface area contributed by atoms with E-state index in [1.165, 1.54) is 19.3 Å². The number of carbonyl (C=O) groups excluding carboxylic acids is 2. The molecule has 0 spiro atoms. The van der Waals surface area contributed by atoms with E-state index in [2.05, 4.69) is 21.2 Å². The third-order valence-corrected chi connectivity index (χ3v) is 5.93. The number of nitrogens with one attached hydrogen (secondary N) is 1. The molecule has 1 aliphatic carbocycles. The van der Waals surface area contributed by atoms with E-state index in [4.69, 9.17) is 0 Å². The monoisotopic (exact) mass is 406 g/mol. The van der Waals surface area contributed by atoms with Crippen molar-refractivity contribution in [2.24, 2.45) is 5.92 Å². The zero-order valence-corrected chi connectivity index (χ0v) is 16.3. The maximum absolute atomic E-state index is 12.6. The van der Waals surface area contributed by atoms with Crippen molar-refractivity contribution in [2.75, 3.05) is 13.1 Å². The fourth-order valence-corrected chi connectivity index (χ4v) is 4.18. The van der Waals surface area contributed by atoms with Gasteiger partial charge in [0.1, 0.15) is 0 Å². The molecule has 4 nitrogen and oxygen atoms in total. The Morgan fingerprint density at radius 2 is 1.64 bits per heavy atom. The van der Waals surface area contributed by atoms with Gasteiger partial charge in [0.25, 0.3) is 0 Å². The largest absolute Gasteiger partial charge is 0.353 e. The van der Waals surface area contributed by atoms with Crippen LogP contribution in [0.4, 0.5) is 0 Å². The van der Waals surface area contributed by atoms with Crippen LogP contribution in [0, 0.1) is 5.92 Å². The van der Waals surface area contributed by atoms with Gasteiger partial charge < -0.3 is 10.2 Å². The van der Waals surface area contributed by atoms with Gasteiger partial charge in [0.15, 0.2) is 0 Å². The first-order chi connectivity index (χ1) is 12.1. The van der Waals surface area contributed by atoms with Gasteiger partial charge >= 0.3 is 0 Å². The first-order valence-electron chi connectivity index (χ1n) is 9.44. The van der Waals surface area contributed by atoms with Crippen molar-refractivity contribution in [3.63, 3.8) is 0 Å². The van der Waals surface area contributed by atoms with E-state index < -0.39 is 0 Å². The maximum atomic E-state index is 12.6. The predicted octanol–water partition coefficient (Wildman–Crippen LogP) is 3.68. The minimum Gasteiger partial charge on any atom is -0.353 e. The molecule has 2 amide bonds. The van der Waals surface area contributed by atoms with Crippen LogP contribution in [0.5, 0.6) is 0 Å². The van der Waals surface area contributed by atoms with Crippen LogP contribution in [0.3, 0.4) is 0 Å². The maximum Gasteiger partial charge on any atom is 0.225 e. The van der Waals surface area contributed by atoms with Gasteiger partial charge in [-0.3, -0.25) is 9.59 Å². The Morgan fingerprint density at radius 3 is 2.28 bits per heavy atom. The number of amides is 2. The third kappa shape index (κ3) is 5.30. The minimum absolute atomic E-state index is 0.0689. The molecule has 1 aromatic carbocycles. The van der Waals surface area contributed by atoms with E-state index in [1.807, 2.05) is 29.2 Å². The summed E-state index contributed by atoms with van der Waals surface area (Å²) in [4.78, 5) is 26.8. The van der Waals surface area contributed by atoms with Crippen LogP contribution in [-0.4, -0.2) is 35.8 Å². The highest BCUT2D eigenvalue weighted by atomic mass is 79.9. The second-order valence-electron chi connectivity index (χ2n) is 7.31. The number of nitrogens with zero attached hydrogens (tertiary/aromatic N) is 1. The Kier molecular flexibility index (Phi) is 6.51. The zero-order valence-electron chi connectivity index (χ0n) is 14.7. The van der Waals surface area contributed by atoms with Crippen LogP contribution in [0.2, 0.25) is 0 Å². The lowest BCUT2D eigenvalue weighted by Gasteiger charge is -2.35. The number of piperidine rings is 1. The predicted molar refractivity (Wildman–Crippen MR) is 102 cm³/mol. The normalized spacial score (nSPS) is 19.6. The molecular formula is C20H27BrN2O2. The van der Waals surface area contributed by atoms with Gasteiger partial charge in [0.05, 0.1) is 6.42 Å². The number of likely N-dealkylation sites (tertiary alicyclic amines) is 1. The number of hydrogen-bond donors (Lipinski definition) is 1. The Labute approximate surface area is 158 Å². The second-order valence-corrected chi connectivity index (χ2v) is 8.22. The Bertz CT molecular complexity index is 588. The van der Waals surface area contributed by atoms with Crippen LogP contribution in [0.1, 0.15) is 50.5 Å². The van der Waals surface area contributed by atoms with Gasteiger partial charge in [-0.1, -0.05) is 47.3 Å². The van der Waals surface area contributed by atoms with Gasteiger partial charge in [0, 0.05) is 29.5 Å². The summed E-state index contributed by atoms with van der Waals surface area (Å²) in [5, 5.41) is 3.13. The van der Waals surface area contributed by atoms with Crippen LogP contribution in [0.25, 0.3) is 0 Å². The summed E-state index contributed by atoms with van der Waals surface area (Å²) in [6.07, 6.45) is 7.92. The van der Waals surface area contributed by atoms with Crippen LogP contribution in [0.15, 0.2) is 28.7 Å². The molecule has 1 aliphatic heterocycles. The molecule has 0 radical (unpaired) electrons. The van der Waals surface area contributed by atoms with Crippen molar-refractivity contribution in [1.29, 1.82) is 0 Å². The third-order valence-electron chi connectivity index (χ3n) is 5.40. The molecule has 1 saturated heterocycles. The Hall–Kier alpha value is -1.36. The van der Waals surface area contributed by atoms with Gasteiger partial charge in [-0.2, -0.15) is 0 Å². The summed E-state index contributed by atoms with van der Waals surface area (Å²) in [5.74, 6) is 0.663. The summed E-state index contributed by atoms with van der Waals surface area (Å²) in [6.45, 7) is 1.55. The summed E-state index contributed by atoms with van der Waals surface area (Å²) in [5.41, 5.74) is 1.02. The molecule has 136 valence electrons. The van der Waals surface area contributed by atoms with Crippen molar-refractivity contribution in [2.45, 2.75) is 57.4 Å². The lowest BCUT2D eigenvalue weighted by molar-refractivity contribution is -0.137. The number of hydrogen-bond acceptors (Lipinski definition) is 2. The van der Waals surface area contributed by atoms with Crippen molar-refractivity contribution in [1.82, 2.24) is 10.2 Å². The van der Waals surface area contributed by atoms with Gasteiger partial charge in [-0.15, -0.1) is 0 Å². The van der Waals surface area contributed by atoms with Crippen LogP contribution >= 0.6 is 15.9 Å². The van der Waals surface area contributed by atoms with Crippen molar-refractivity contribution in [3.8, 4) is 0 Å². The smallest absolute Gasteiger partial charge is 0.225 e. The van der Waals surface area contributed by atoms with E-state index in [0.29, 0.717) is 12.3 Å². The molecule has 5 heteroatoms. The molecule has 3 rings (SSSR count). The standard InChI is InChI=1S/C20H27BrN2O2/c21-17-8-6-15(7-9-17)14-19(24)22-18-10-12-23(13-11-18)20(25)16-4-2-1-3-5-16/h6-9,16,18H,1-5,10-14H2,(H,22,24). The number of benzene rings is 1. The number of carbonyl (C=O) groups is 2. The summed E-state index contributed by atoms with van der Waals surface area (Å²) >= 11 is 3.40. The second kappa shape index (κ2) is 8.84. The highest BCUT2D eigenvalue weighted by Crippen LogP contribution is 2.26. The molecule has 0 bridgehead atoms. The van der Waals surface area contributed by atoms with Crippen molar-refractivity contribution < 1.29 is 9.59 Å². The molecular weight excluding hydrogens is 380 g/mol. The van der Waals surface area contributed by atoms with Crippen molar-refractivity contribution in [3.05, 3.63) is 34.3 Å². The van der Waals surface area contributed by atoms with Gasteiger partial charge in [-0.25, -0.2) is 0 Å². The molecule has 1 N–H and O–H groups in total. The summed E-state index contributed by atoms with van der Waals surface area (Å²) in [6, 6.07) is 8.04. The molecule has 0 atom stereocenters. The highest BCUT2D eigenvalue weighted by molar-refractivity contribution is 9.10. The van der Waals surface area contributed by atoms with E-state index in [-0.39, 0.29) is 17.9 Å². The fraction of sp³-hybridized carbons (Fsp3) is 0.600. The highest BCUT2D eigenvalue weighted by Gasteiger charge is 2.29. The Morgan fingerprint density at radius 1 is 1.00 bits per heavy atom. The van der Waals surface area contributed by atoms with Gasteiger partial charge in [0.2, 0.25) is 11.8 Å². The molecule has 1 saturated carbocycles. The average molecular weight is 407 g/mol. The molecule has 2 fully saturated rings. The molecule has 1 heterocycles. The first-order valence-corrected chi connectivity index (χ1v) is 10.2. The minimum atomic E-state index is 0.0689. The first kappa shape index (κ1) is 18.4. The molecule has 25 heavy (non-hydrogen) atoms. The number of halogens is 1. The number of rotatable bonds is 4. The zero-order chi connectivity index (χ0) is 17.6. The molecule has 0 aromatic heterocycles. The molecule has 2 aliphatic rings. The van der Waals surface area contributed by atoms with E-state index >= 15 is 0 Å². The molecule has 0 unspecified atom stereocenters. The summed E-state index contributed by atoms with van der Waals surface area (Å²) in [7, 11) is 0.